The summed E-state index contributed by atoms with van der Waals surface area (Å²) in [7, 11) is -3.08. The molecule has 37 heavy (non-hydrogen) atoms. The Labute approximate surface area is 218 Å². The van der Waals surface area contributed by atoms with Crippen LogP contribution in [0.3, 0.4) is 0 Å². The average Bonchev–Trinajstić information content (AvgIpc) is 3.55. The van der Waals surface area contributed by atoms with Crippen molar-refractivity contribution in [2.45, 2.75) is 30.2 Å². The van der Waals surface area contributed by atoms with Crippen molar-refractivity contribution >= 4 is 32.6 Å². The molecule has 6 rings (SSSR count). The van der Waals surface area contributed by atoms with Gasteiger partial charge in [0.1, 0.15) is 18.3 Å². The lowest BCUT2D eigenvalue weighted by molar-refractivity contribution is 0.00706. The summed E-state index contributed by atoms with van der Waals surface area (Å²) in [6.07, 6.45) is -0.538. The molecule has 0 radical (unpaired) electrons. The van der Waals surface area contributed by atoms with E-state index in [0.717, 1.165) is 22.3 Å². The SMILES string of the molecule is CS(=O)(=O)Cc1ccc(-c2ccc(-c3nc4nc(O[C@@H]5CO[C@H]6[C@@H]5OC[C@H]6O)[nH]c4cc3Cl)cc2)cc1. The van der Waals surface area contributed by atoms with Crippen LogP contribution in [0.15, 0.2) is 54.6 Å². The summed E-state index contributed by atoms with van der Waals surface area (Å²) in [5.74, 6) is 0.0191. The molecule has 0 bridgehead atoms. The van der Waals surface area contributed by atoms with Crippen LogP contribution in [0.25, 0.3) is 33.5 Å². The molecule has 4 aromatic rings. The van der Waals surface area contributed by atoms with E-state index >= 15 is 0 Å². The number of rotatable bonds is 6. The number of nitrogens with zero attached hydrogens (tertiary/aromatic N) is 2. The van der Waals surface area contributed by atoms with E-state index in [9.17, 15) is 13.5 Å². The molecule has 4 heterocycles. The molecule has 9 nitrogen and oxygen atoms in total. The van der Waals surface area contributed by atoms with E-state index in [-0.39, 0.29) is 36.7 Å². The zero-order chi connectivity index (χ0) is 25.7. The molecule has 2 aliphatic heterocycles. The Balaban J connectivity index is 1.21. The third-order valence-electron chi connectivity index (χ3n) is 6.52. The summed E-state index contributed by atoms with van der Waals surface area (Å²) < 4.78 is 40.2. The molecule has 0 amide bonds. The number of hydrogen-bond donors (Lipinski definition) is 2. The lowest BCUT2D eigenvalue weighted by atomic mass is 10.0. The largest absolute Gasteiger partial charge is 0.456 e. The number of aliphatic hydroxyl groups excluding tert-OH is 1. The van der Waals surface area contributed by atoms with Gasteiger partial charge in [0.25, 0.3) is 6.01 Å². The number of halogens is 1. The minimum Gasteiger partial charge on any atom is -0.456 e. The molecule has 2 saturated heterocycles. The number of pyridine rings is 1. The molecule has 2 aromatic carbocycles. The highest BCUT2D eigenvalue weighted by atomic mass is 35.5. The van der Waals surface area contributed by atoms with Gasteiger partial charge in [0.2, 0.25) is 0 Å². The quantitative estimate of drug-likeness (QED) is 0.381. The summed E-state index contributed by atoms with van der Waals surface area (Å²) in [4.78, 5) is 12.2. The number of nitrogens with one attached hydrogen (secondary N) is 1. The van der Waals surface area contributed by atoms with Crippen LogP contribution in [0.5, 0.6) is 6.01 Å². The van der Waals surface area contributed by atoms with Crippen LogP contribution in [0.2, 0.25) is 5.02 Å². The Bertz CT molecular complexity index is 1560. The standard InChI is InChI=1S/C26H24ClN3O6S/c1-37(32,33)13-14-2-4-15(5-3-14)16-6-8-17(9-7-16)22-18(27)10-19-25(29-22)30-26(28-19)36-21-12-35-23-20(31)11-34-24(21)23/h2-10,20-21,23-24,31H,11-13H2,1H3,(H,28,29,30)/t20-,21-,23-,24-/m1/s1. The predicted octanol–water partition coefficient (Wildman–Crippen LogP) is 3.40. The second-order valence-electron chi connectivity index (χ2n) is 9.40. The smallest absolute Gasteiger partial charge is 0.296 e. The molecular weight excluding hydrogens is 518 g/mol. The molecule has 192 valence electrons. The number of hydrogen-bond acceptors (Lipinski definition) is 8. The average molecular weight is 542 g/mol. The third-order valence-corrected chi connectivity index (χ3v) is 7.67. The minimum atomic E-state index is -3.08. The fourth-order valence-corrected chi connectivity index (χ4v) is 5.82. The minimum absolute atomic E-state index is 0.0191. The van der Waals surface area contributed by atoms with Crippen LogP contribution in [-0.4, -0.2) is 72.4 Å². The zero-order valence-electron chi connectivity index (χ0n) is 19.8. The van der Waals surface area contributed by atoms with Crippen molar-refractivity contribution in [3.8, 4) is 28.4 Å². The summed E-state index contributed by atoms with van der Waals surface area (Å²) in [6.45, 7) is 0.527. The fraction of sp³-hybridized carbons (Fsp3) is 0.308. The molecule has 2 aromatic heterocycles. The highest BCUT2D eigenvalue weighted by Crippen LogP contribution is 2.33. The normalized spacial score (nSPS) is 23.4. The van der Waals surface area contributed by atoms with Gasteiger partial charge in [-0.05, 0) is 22.8 Å². The van der Waals surface area contributed by atoms with Gasteiger partial charge >= 0.3 is 0 Å². The topological polar surface area (TPSA) is 124 Å². The summed E-state index contributed by atoms with van der Waals surface area (Å²) in [5.41, 5.74) is 5.23. The second kappa shape index (κ2) is 9.38. The molecule has 0 spiro atoms. The molecule has 11 heteroatoms. The van der Waals surface area contributed by atoms with Crippen molar-refractivity contribution in [3.63, 3.8) is 0 Å². The lowest BCUT2D eigenvalue weighted by Crippen LogP contribution is -2.34. The van der Waals surface area contributed by atoms with Crippen LogP contribution >= 0.6 is 11.6 Å². The van der Waals surface area contributed by atoms with Gasteiger partial charge < -0.3 is 24.3 Å². The van der Waals surface area contributed by atoms with E-state index in [0.29, 0.717) is 28.5 Å². The van der Waals surface area contributed by atoms with Gasteiger partial charge in [0, 0.05) is 11.8 Å². The highest BCUT2D eigenvalue weighted by molar-refractivity contribution is 7.89. The molecule has 0 saturated carbocycles. The molecule has 2 N–H and O–H groups in total. The number of aliphatic hydroxyl groups is 1. The number of fused-ring (bicyclic) bond motifs is 2. The first-order valence-electron chi connectivity index (χ1n) is 11.8. The molecule has 0 aliphatic carbocycles. The number of H-pyrrole nitrogens is 1. The van der Waals surface area contributed by atoms with Gasteiger partial charge in [-0.25, -0.2) is 13.4 Å². The lowest BCUT2D eigenvalue weighted by Gasteiger charge is -2.15. The van der Waals surface area contributed by atoms with E-state index in [2.05, 4.69) is 15.0 Å². The molecule has 2 aliphatic rings. The van der Waals surface area contributed by atoms with Gasteiger partial charge in [-0.2, -0.15) is 4.98 Å². The Morgan fingerprint density at radius 1 is 1.00 bits per heavy atom. The monoisotopic (exact) mass is 541 g/mol. The number of benzene rings is 2. The molecule has 4 atom stereocenters. The first-order chi connectivity index (χ1) is 17.7. The van der Waals surface area contributed by atoms with Crippen molar-refractivity contribution in [1.29, 1.82) is 0 Å². The van der Waals surface area contributed by atoms with E-state index in [1.807, 2.05) is 48.5 Å². The fourth-order valence-electron chi connectivity index (χ4n) is 4.76. The predicted molar refractivity (Wildman–Crippen MR) is 138 cm³/mol. The van der Waals surface area contributed by atoms with Crippen molar-refractivity contribution in [1.82, 2.24) is 15.0 Å². The summed E-state index contributed by atoms with van der Waals surface area (Å²) >= 11 is 6.57. The summed E-state index contributed by atoms with van der Waals surface area (Å²) in [6, 6.07) is 17.3. The first kappa shape index (κ1) is 24.3. The van der Waals surface area contributed by atoms with Gasteiger partial charge in [-0.3, -0.25) is 0 Å². The molecule has 2 fully saturated rings. The Kier molecular flexibility index (Phi) is 6.16. The Hall–Kier alpha value is -3.02. The maximum absolute atomic E-state index is 11.5. The van der Waals surface area contributed by atoms with Crippen LogP contribution in [0, 0.1) is 0 Å². The maximum atomic E-state index is 11.5. The van der Waals surface area contributed by atoms with Crippen LogP contribution in [0.4, 0.5) is 0 Å². The van der Waals surface area contributed by atoms with Crippen molar-refractivity contribution in [3.05, 3.63) is 65.2 Å². The van der Waals surface area contributed by atoms with Crippen molar-refractivity contribution in [2.24, 2.45) is 0 Å². The van der Waals surface area contributed by atoms with Gasteiger partial charge in [0.15, 0.2) is 21.6 Å². The number of aromatic amines is 1. The number of aromatic nitrogens is 3. The Morgan fingerprint density at radius 2 is 1.65 bits per heavy atom. The number of imidazole rings is 1. The maximum Gasteiger partial charge on any atom is 0.296 e. The first-order valence-corrected chi connectivity index (χ1v) is 14.2. The highest BCUT2D eigenvalue weighted by Gasteiger charge is 2.48. The van der Waals surface area contributed by atoms with Gasteiger partial charge in [-0.1, -0.05) is 60.1 Å². The van der Waals surface area contributed by atoms with E-state index < -0.39 is 15.9 Å². The van der Waals surface area contributed by atoms with Crippen LogP contribution < -0.4 is 4.74 Å². The van der Waals surface area contributed by atoms with Crippen molar-refractivity contribution < 1.29 is 27.7 Å². The Morgan fingerprint density at radius 3 is 2.35 bits per heavy atom. The zero-order valence-corrected chi connectivity index (χ0v) is 21.4. The van der Waals surface area contributed by atoms with E-state index in [1.54, 1.807) is 6.07 Å². The third kappa shape index (κ3) is 4.95. The molecular formula is C26H24ClN3O6S. The van der Waals surface area contributed by atoms with Gasteiger partial charge in [-0.15, -0.1) is 0 Å². The van der Waals surface area contributed by atoms with Crippen LogP contribution in [-0.2, 0) is 25.1 Å². The molecule has 0 unspecified atom stereocenters. The van der Waals surface area contributed by atoms with E-state index in [1.165, 1.54) is 6.26 Å². The second-order valence-corrected chi connectivity index (χ2v) is 11.9. The van der Waals surface area contributed by atoms with Crippen molar-refractivity contribution in [2.75, 3.05) is 19.5 Å². The number of ether oxygens (including phenoxy) is 3. The number of sulfone groups is 1. The van der Waals surface area contributed by atoms with Crippen LogP contribution in [0.1, 0.15) is 5.56 Å². The van der Waals surface area contributed by atoms with Gasteiger partial charge in [0.05, 0.1) is 35.2 Å². The summed E-state index contributed by atoms with van der Waals surface area (Å²) in [5, 5.41) is 10.4. The van der Waals surface area contributed by atoms with E-state index in [4.69, 9.17) is 25.8 Å².